The number of amides is 1. The first-order valence-electron chi connectivity index (χ1n) is 10.4. The molecule has 0 unspecified atom stereocenters. The van der Waals surface area contributed by atoms with Gasteiger partial charge in [-0.2, -0.15) is 0 Å². The first-order chi connectivity index (χ1) is 16.0. The quantitative estimate of drug-likeness (QED) is 0.472. The van der Waals surface area contributed by atoms with Crippen molar-refractivity contribution < 1.29 is 19.4 Å². The van der Waals surface area contributed by atoms with Gasteiger partial charge in [0.1, 0.15) is 5.75 Å². The van der Waals surface area contributed by atoms with E-state index in [-0.39, 0.29) is 11.9 Å². The van der Waals surface area contributed by atoms with E-state index in [0.717, 1.165) is 16.8 Å². The van der Waals surface area contributed by atoms with Crippen molar-refractivity contribution in [3.8, 4) is 5.75 Å². The monoisotopic (exact) mass is 458 g/mol. The number of para-hydroxylation sites is 1. The number of rotatable bonds is 7. The van der Waals surface area contributed by atoms with Gasteiger partial charge in [0.2, 0.25) is 0 Å². The number of aliphatic imine (C=N–C) groups is 1. The van der Waals surface area contributed by atoms with Crippen LogP contribution in [0.15, 0.2) is 94.8 Å². The van der Waals surface area contributed by atoms with E-state index in [9.17, 15) is 9.59 Å². The van der Waals surface area contributed by atoms with Crippen LogP contribution < -0.4 is 4.74 Å². The van der Waals surface area contributed by atoms with Gasteiger partial charge in [-0.15, -0.1) is 0 Å². The van der Waals surface area contributed by atoms with Crippen LogP contribution in [0.2, 0.25) is 0 Å². The van der Waals surface area contributed by atoms with Crippen LogP contribution in [0.4, 0.5) is 5.69 Å². The van der Waals surface area contributed by atoms with Gasteiger partial charge in [0.15, 0.2) is 11.8 Å². The standard InChI is InChI=1S/C26H22N2O4S/c1-18(20-8-4-2-5-9-20)28-25(31)23(33-26(28)27-21-10-6-3-7-11-21)16-19-12-14-22(15-13-19)32-17-24(29)30/h2-16,18H,17H2,1H3,(H,29,30)/b23-16+,27-26?/t18-/m1/s1. The highest BCUT2D eigenvalue weighted by Gasteiger charge is 2.37. The zero-order chi connectivity index (χ0) is 23.2. The topological polar surface area (TPSA) is 79.2 Å². The Kier molecular flexibility index (Phi) is 6.90. The Hall–Kier alpha value is -3.84. The third kappa shape index (κ3) is 5.51. The summed E-state index contributed by atoms with van der Waals surface area (Å²) in [5.74, 6) is -0.695. The maximum atomic E-state index is 13.4. The van der Waals surface area contributed by atoms with E-state index in [1.807, 2.05) is 73.7 Å². The second-order valence-electron chi connectivity index (χ2n) is 7.35. The van der Waals surface area contributed by atoms with Gasteiger partial charge in [-0.3, -0.25) is 9.69 Å². The zero-order valence-electron chi connectivity index (χ0n) is 17.9. The fourth-order valence-electron chi connectivity index (χ4n) is 3.36. The van der Waals surface area contributed by atoms with Gasteiger partial charge in [-0.05, 0) is 60.2 Å². The number of hydrogen-bond donors (Lipinski definition) is 1. The first-order valence-corrected chi connectivity index (χ1v) is 11.2. The Labute approximate surface area is 196 Å². The SMILES string of the molecule is C[C@H](c1ccccc1)N1C(=O)/C(=C\c2ccc(OCC(=O)O)cc2)SC1=Nc1ccccc1. The lowest BCUT2D eigenvalue weighted by molar-refractivity contribution is -0.139. The molecule has 0 aromatic heterocycles. The van der Waals surface area contributed by atoms with Crippen LogP contribution in [-0.2, 0) is 9.59 Å². The number of nitrogens with zero attached hydrogens (tertiary/aromatic N) is 2. The highest BCUT2D eigenvalue weighted by molar-refractivity contribution is 8.18. The molecule has 3 aromatic rings. The van der Waals surface area contributed by atoms with E-state index in [1.54, 1.807) is 29.2 Å². The molecule has 1 saturated heterocycles. The molecule has 7 heteroatoms. The van der Waals surface area contributed by atoms with Crippen LogP contribution in [0.25, 0.3) is 6.08 Å². The average molecular weight is 459 g/mol. The number of thioether (sulfide) groups is 1. The van der Waals surface area contributed by atoms with Crippen molar-refractivity contribution >= 4 is 40.6 Å². The number of carbonyl (C=O) groups excluding carboxylic acids is 1. The molecule has 33 heavy (non-hydrogen) atoms. The minimum absolute atomic E-state index is 0.114. The van der Waals surface area contributed by atoms with Gasteiger partial charge < -0.3 is 9.84 Å². The normalized spacial score (nSPS) is 16.9. The second kappa shape index (κ2) is 10.2. The number of carbonyl (C=O) groups is 2. The minimum atomic E-state index is -1.04. The summed E-state index contributed by atoms with van der Waals surface area (Å²) in [6.07, 6.45) is 1.81. The number of carboxylic acid groups (broad SMARTS) is 1. The number of benzene rings is 3. The molecule has 0 spiro atoms. The number of hydrogen-bond acceptors (Lipinski definition) is 5. The van der Waals surface area contributed by atoms with Crippen LogP contribution in [0.1, 0.15) is 24.1 Å². The zero-order valence-corrected chi connectivity index (χ0v) is 18.7. The summed E-state index contributed by atoms with van der Waals surface area (Å²) >= 11 is 1.34. The van der Waals surface area contributed by atoms with Crippen molar-refractivity contribution in [2.45, 2.75) is 13.0 Å². The van der Waals surface area contributed by atoms with Gasteiger partial charge >= 0.3 is 5.97 Å². The molecular weight excluding hydrogens is 436 g/mol. The van der Waals surface area contributed by atoms with Crippen LogP contribution in [-0.4, -0.2) is 33.7 Å². The number of carboxylic acids is 1. The van der Waals surface area contributed by atoms with Crippen LogP contribution in [0.3, 0.4) is 0 Å². The number of ether oxygens (including phenoxy) is 1. The van der Waals surface area contributed by atoms with Crippen molar-refractivity contribution in [2.75, 3.05) is 6.61 Å². The molecule has 1 heterocycles. The molecule has 1 fully saturated rings. The number of amidine groups is 1. The largest absolute Gasteiger partial charge is 0.482 e. The van der Waals surface area contributed by atoms with Crippen LogP contribution in [0, 0.1) is 0 Å². The smallest absolute Gasteiger partial charge is 0.341 e. The van der Waals surface area contributed by atoms with E-state index < -0.39 is 12.6 Å². The third-order valence-corrected chi connectivity index (χ3v) is 6.01. The predicted octanol–water partition coefficient (Wildman–Crippen LogP) is 5.52. The van der Waals surface area contributed by atoms with Gasteiger partial charge in [0, 0.05) is 0 Å². The van der Waals surface area contributed by atoms with Gasteiger partial charge in [-0.25, -0.2) is 9.79 Å². The predicted molar refractivity (Wildman–Crippen MR) is 130 cm³/mol. The first kappa shape index (κ1) is 22.4. The summed E-state index contributed by atoms with van der Waals surface area (Å²) in [7, 11) is 0. The fourth-order valence-corrected chi connectivity index (χ4v) is 4.42. The van der Waals surface area contributed by atoms with Crippen molar-refractivity contribution in [1.29, 1.82) is 0 Å². The Morgan fingerprint density at radius 2 is 1.67 bits per heavy atom. The average Bonchev–Trinajstić information content (AvgIpc) is 3.13. The molecule has 1 atom stereocenters. The molecule has 1 N–H and O–H groups in total. The Bertz CT molecular complexity index is 1190. The van der Waals surface area contributed by atoms with Crippen molar-refractivity contribution in [1.82, 2.24) is 4.90 Å². The van der Waals surface area contributed by atoms with E-state index in [1.165, 1.54) is 11.8 Å². The van der Waals surface area contributed by atoms with Gasteiger partial charge in [0.25, 0.3) is 5.91 Å². The molecule has 0 aliphatic carbocycles. The molecule has 1 aliphatic rings. The molecule has 3 aromatic carbocycles. The maximum absolute atomic E-state index is 13.4. The molecule has 1 amide bonds. The minimum Gasteiger partial charge on any atom is -0.482 e. The van der Waals surface area contributed by atoms with Gasteiger partial charge in [-0.1, -0.05) is 60.7 Å². The summed E-state index contributed by atoms with van der Waals surface area (Å²) in [6.45, 7) is 1.59. The summed E-state index contributed by atoms with van der Waals surface area (Å²) in [6, 6.07) is 26.2. The van der Waals surface area contributed by atoms with E-state index in [0.29, 0.717) is 15.8 Å². The van der Waals surface area contributed by atoms with E-state index >= 15 is 0 Å². The second-order valence-corrected chi connectivity index (χ2v) is 8.36. The number of aliphatic carboxylic acids is 1. The highest BCUT2D eigenvalue weighted by Crippen LogP contribution is 2.39. The third-order valence-electron chi connectivity index (χ3n) is 5.03. The lowest BCUT2D eigenvalue weighted by atomic mass is 10.1. The van der Waals surface area contributed by atoms with Crippen molar-refractivity contribution in [2.24, 2.45) is 4.99 Å². The molecule has 0 radical (unpaired) electrons. The highest BCUT2D eigenvalue weighted by atomic mass is 32.2. The molecule has 1 aliphatic heterocycles. The fraction of sp³-hybridized carbons (Fsp3) is 0.115. The Balaban J connectivity index is 1.64. The summed E-state index contributed by atoms with van der Waals surface area (Å²) in [5.41, 5.74) is 2.61. The lowest BCUT2D eigenvalue weighted by Gasteiger charge is -2.24. The molecule has 4 rings (SSSR count). The Morgan fingerprint density at radius 1 is 1.03 bits per heavy atom. The summed E-state index contributed by atoms with van der Waals surface area (Å²) in [5, 5.41) is 9.36. The van der Waals surface area contributed by atoms with Crippen LogP contribution >= 0.6 is 11.8 Å². The molecule has 6 nitrogen and oxygen atoms in total. The maximum Gasteiger partial charge on any atom is 0.341 e. The van der Waals surface area contributed by atoms with Crippen LogP contribution in [0.5, 0.6) is 5.75 Å². The van der Waals surface area contributed by atoms with Gasteiger partial charge in [0.05, 0.1) is 16.6 Å². The van der Waals surface area contributed by atoms with Crippen molar-refractivity contribution in [3.63, 3.8) is 0 Å². The molecular formula is C26H22N2O4S. The van der Waals surface area contributed by atoms with Crippen molar-refractivity contribution in [3.05, 3.63) is 101 Å². The molecule has 166 valence electrons. The van der Waals surface area contributed by atoms with E-state index in [4.69, 9.17) is 14.8 Å². The molecule has 0 bridgehead atoms. The van der Waals surface area contributed by atoms with E-state index in [2.05, 4.69) is 0 Å². The Morgan fingerprint density at radius 3 is 2.30 bits per heavy atom. The lowest BCUT2D eigenvalue weighted by Crippen LogP contribution is -2.32. The summed E-state index contributed by atoms with van der Waals surface area (Å²) in [4.78, 5) is 31.1. The summed E-state index contributed by atoms with van der Waals surface area (Å²) < 4.78 is 5.17. The molecule has 0 saturated carbocycles.